The van der Waals surface area contributed by atoms with Crippen molar-refractivity contribution in [3.8, 4) is 0 Å². The Morgan fingerprint density at radius 2 is 1.95 bits per heavy atom. The first-order chi connectivity index (χ1) is 8.92. The lowest BCUT2D eigenvalue weighted by Gasteiger charge is -2.29. The molecule has 0 bridgehead atoms. The number of nitrogens with one attached hydrogen (secondary N) is 1. The second kappa shape index (κ2) is 6.85. The summed E-state index contributed by atoms with van der Waals surface area (Å²) in [5.74, 6) is 1.65. The second-order valence-corrected chi connectivity index (χ2v) is 5.80. The Balaban J connectivity index is 3.17. The first-order valence-electron chi connectivity index (χ1n) is 7.09. The third kappa shape index (κ3) is 4.46. The summed E-state index contributed by atoms with van der Waals surface area (Å²) >= 11 is 0. The number of aromatic nitrogens is 2. The molecule has 0 aliphatic heterocycles. The predicted octanol–water partition coefficient (Wildman–Crippen LogP) is 3.59. The number of ether oxygens (including phenoxy) is 1. The molecule has 1 aromatic rings. The highest BCUT2D eigenvalue weighted by molar-refractivity contribution is 5.35. The molecule has 0 amide bonds. The summed E-state index contributed by atoms with van der Waals surface area (Å²) in [5, 5.41) is 3.11. The lowest BCUT2D eigenvalue weighted by atomic mass is 9.88. The van der Waals surface area contributed by atoms with E-state index in [0.29, 0.717) is 6.61 Å². The quantitative estimate of drug-likeness (QED) is 0.853. The maximum atomic E-state index is 5.87. The van der Waals surface area contributed by atoms with Gasteiger partial charge in [0.25, 0.3) is 0 Å². The van der Waals surface area contributed by atoms with Crippen molar-refractivity contribution in [2.75, 3.05) is 19.0 Å². The Hall–Kier alpha value is -1.16. The summed E-state index contributed by atoms with van der Waals surface area (Å²) < 4.78 is 5.87. The zero-order chi connectivity index (χ0) is 14.5. The molecule has 0 fully saturated rings. The lowest BCUT2D eigenvalue weighted by Crippen LogP contribution is -2.24. The van der Waals surface area contributed by atoms with Gasteiger partial charge < -0.3 is 10.1 Å². The number of hydrogen-bond donors (Lipinski definition) is 1. The van der Waals surface area contributed by atoms with Gasteiger partial charge in [0.05, 0.1) is 0 Å². The molecule has 0 aliphatic carbocycles. The third-order valence-electron chi connectivity index (χ3n) is 2.91. The van der Waals surface area contributed by atoms with E-state index in [1.807, 2.05) is 20.0 Å². The van der Waals surface area contributed by atoms with Crippen molar-refractivity contribution in [3.63, 3.8) is 0 Å². The Bertz CT molecular complexity index is 399. The molecule has 1 unspecified atom stereocenters. The van der Waals surface area contributed by atoms with Gasteiger partial charge in [-0.2, -0.15) is 0 Å². The average Bonchev–Trinajstić information content (AvgIpc) is 2.34. The smallest absolute Gasteiger partial charge is 0.160 e. The first kappa shape index (κ1) is 15.9. The molecule has 0 radical (unpaired) electrons. The fraction of sp³-hybridized carbons (Fsp3) is 0.733. The summed E-state index contributed by atoms with van der Waals surface area (Å²) in [7, 11) is 1.88. The number of aryl methyl sites for hydroxylation is 1. The van der Waals surface area contributed by atoms with Crippen molar-refractivity contribution in [2.45, 2.75) is 53.6 Å². The van der Waals surface area contributed by atoms with Gasteiger partial charge in [-0.1, -0.05) is 34.1 Å². The maximum absolute atomic E-state index is 5.87. The van der Waals surface area contributed by atoms with Crippen LogP contribution in [0.1, 0.15) is 58.7 Å². The molecule has 0 saturated heterocycles. The topological polar surface area (TPSA) is 47.0 Å². The number of rotatable bonds is 6. The molecule has 1 N–H and O–H groups in total. The van der Waals surface area contributed by atoms with Gasteiger partial charge in [-0.3, -0.25) is 0 Å². The molecular weight excluding hydrogens is 238 g/mol. The molecule has 0 aromatic carbocycles. The van der Waals surface area contributed by atoms with Gasteiger partial charge in [0.1, 0.15) is 11.9 Å². The Labute approximate surface area is 117 Å². The molecule has 1 rings (SSSR count). The van der Waals surface area contributed by atoms with E-state index in [2.05, 4.69) is 43.0 Å². The van der Waals surface area contributed by atoms with E-state index in [1.54, 1.807) is 0 Å². The zero-order valence-electron chi connectivity index (χ0n) is 13.1. The van der Waals surface area contributed by atoms with Crippen molar-refractivity contribution >= 4 is 5.82 Å². The van der Waals surface area contributed by atoms with E-state index in [9.17, 15) is 0 Å². The van der Waals surface area contributed by atoms with Crippen LogP contribution in [0.15, 0.2) is 6.07 Å². The number of hydrogen-bond acceptors (Lipinski definition) is 4. The second-order valence-electron chi connectivity index (χ2n) is 5.80. The van der Waals surface area contributed by atoms with Gasteiger partial charge in [0.15, 0.2) is 5.82 Å². The predicted molar refractivity (Wildman–Crippen MR) is 79.4 cm³/mol. The average molecular weight is 265 g/mol. The van der Waals surface area contributed by atoms with Crippen LogP contribution in [0.4, 0.5) is 5.82 Å². The fourth-order valence-electron chi connectivity index (χ4n) is 2.03. The van der Waals surface area contributed by atoms with Crippen LogP contribution in [-0.2, 0) is 11.2 Å². The largest absolute Gasteiger partial charge is 0.373 e. The maximum Gasteiger partial charge on any atom is 0.160 e. The standard InChI is InChI=1S/C15H27N3O/c1-7-9-11-10-12(16-6)18-14(17-11)13(19-8-2)15(3,4)5/h10,13H,7-9H2,1-6H3,(H,16,17,18). The van der Waals surface area contributed by atoms with Gasteiger partial charge >= 0.3 is 0 Å². The van der Waals surface area contributed by atoms with Crippen LogP contribution >= 0.6 is 0 Å². The van der Waals surface area contributed by atoms with Crippen molar-refractivity contribution in [1.82, 2.24) is 9.97 Å². The van der Waals surface area contributed by atoms with Crippen LogP contribution in [0.2, 0.25) is 0 Å². The Kier molecular flexibility index (Phi) is 5.73. The SMILES string of the molecule is CCCc1cc(NC)nc(C(OCC)C(C)(C)C)n1. The van der Waals surface area contributed by atoms with Gasteiger partial charge in [0, 0.05) is 25.4 Å². The highest BCUT2D eigenvalue weighted by atomic mass is 16.5. The minimum Gasteiger partial charge on any atom is -0.373 e. The highest BCUT2D eigenvalue weighted by Crippen LogP contribution is 2.34. The van der Waals surface area contributed by atoms with Crippen LogP contribution in [0.25, 0.3) is 0 Å². The van der Waals surface area contributed by atoms with Crippen LogP contribution in [0, 0.1) is 5.41 Å². The third-order valence-corrected chi connectivity index (χ3v) is 2.91. The van der Waals surface area contributed by atoms with E-state index < -0.39 is 0 Å². The Morgan fingerprint density at radius 3 is 2.42 bits per heavy atom. The van der Waals surface area contributed by atoms with Gasteiger partial charge in [-0.15, -0.1) is 0 Å². The van der Waals surface area contributed by atoms with E-state index >= 15 is 0 Å². The van der Waals surface area contributed by atoms with Gasteiger partial charge in [-0.25, -0.2) is 9.97 Å². The van der Waals surface area contributed by atoms with Crippen molar-refractivity contribution in [3.05, 3.63) is 17.6 Å². The molecule has 4 heteroatoms. The van der Waals surface area contributed by atoms with Gasteiger partial charge in [-0.05, 0) is 18.8 Å². The molecule has 1 atom stereocenters. The fourth-order valence-corrected chi connectivity index (χ4v) is 2.03. The molecule has 0 aliphatic rings. The van der Waals surface area contributed by atoms with Crippen molar-refractivity contribution in [2.24, 2.45) is 5.41 Å². The molecule has 108 valence electrons. The monoisotopic (exact) mass is 265 g/mol. The Morgan fingerprint density at radius 1 is 1.26 bits per heavy atom. The molecule has 0 saturated carbocycles. The molecule has 1 heterocycles. The summed E-state index contributed by atoms with van der Waals surface area (Å²) in [4.78, 5) is 9.25. The summed E-state index contributed by atoms with van der Waals surface area (Å²) in [5.41, 5.74) is 1.05. The molecule has 1 aromatic heterocycles. The van der Waals surface area contributed by atoms with Crippen LogP contribution < -0.4 is 5.32 Å². The molecule has 0 spiro atoms. The minimum atomic E-state index is -0.0820. The van der Waals surface area contributed by atoms with E-state index in [0.717, 1.165) is 30.2 Å². The minimum absolute atomic E-state index is 0.0220. The lowest BCUT2D eigenvalue weighted by molar-refractivity contribution is -0.0191. The highest BCUT2D eigenvalue weighted by Gasteiger charge is 2.29. The number of anilines is 1. The summed E-state index contributed by atoms with van der Waals surface area (Å²) in [6.07, 6.45) is 1.96. The van der Waals surface area contributed by atoms with E-state index in [4.69, 9.17) is 4.74 Å². The summed E-state index contributed by atoms with van der Waals surface area (Å²) in [6, 6.07) is 2.01. The normalized spacial score (nSPS) is 13.4. The van der Waals surface area contributed by atoms with E-state index in [1.165, 1.54) is 0 Å². The van der Waals surface area contributed by atoms with Crippen molar-refractivity contribution in [1.29, 1.82) is 0 Å². The van der Waals surface area contributed by atoms with Crippen LogP contribution in [-0.4, -0.2) is 23.6 Å². The zero-order valence-corrected chi connectivity index (χ0v) is 13.1. The molecule has 4 nitrogen and oxygen atoms in total. The summed E-state index contributed by atoms with van der Waals surface area (Å²) in [6.45, 7) is 11.3. The van der Waals surface area contributed by atoms with Gasteiger partial charge in [0.2, 0.25) is 0 Å². The van der Waals surface area contributed by atoms with E-state index in [-0.39, 0.29) is 11.5 Å². The molecular formula is C15H27N3O. The van der Waals surface area contributed by atoms with Crippen molar-refractivity contribution < 1.29 is 4.74 Å². The van der Waals surface area contributed by atoms with Crippen LogP contribution in [0.5, 0.6) is 0 Å². The number of nitrogens with zero attached hydrogens (tertiary/aromatic N) is 2. The molecule has 19 heavy (non-hydrogen) atoms. The van der Waals surface area contributed by atoms with Crippen LogP contribution in [0.3, 0.4) is 0 Å². The first-order valence-corrected chi connectivity index (χ1v) is 7.09.